The van der Waals surface area contributed by atoms with E-state index in [4.69, 9.17) is 4.74 Å². The number of aliphatic hydroxyl groups is 1. The van der Waals surface area contributed by atoms with Gasteiger partial charge in [-0.25, -0.2) is 0 Å². The van der Waals surface area contributed by atoms with Gasteiger partial charge in [0.25, 0.3) is 5.91 Å². The molecule has 1 aromatic carbocycles. The van der Waals surface area contributed by atoms with Crippen LogP contribution < -0.4 is 10.6 Å². The molecule has 5 atom stereocenters. The van der Waals surface area contributed by atoms with Gasteiger partial charge in [-0.3, -0.25) is 19.3 Å². The molecule has 8 heteroatoms. The van der Waals surface area contributed by atoms with Crippen molar-refractivity contribution in [2.45, 2.75) is 31.0 Å². The number of para-hydroxylation sites is 1. The molecule has 4 N–H and O–H groups in total. The number of ether oxygens (including phenoxy) is 1. The average molecular weight is 374 g/mol. The van der Waals surface area contributed by atoms with E-state index in [0.29, 0.717) is 24.3 Å². The number of aliphatic hydroxyl groups excluding tert-OH is 1. The Morgan fingerprint density at radius 3 is 2.74 bits per heavy atom. The molecule has 0 saturated carbocycles. The largest absolute Gasteiger partial charge is 0.387 e. The van der Waals surface area contributed by atoms with E-state index in [1.54, 1.807) is 25.4 Å². The number of carbonyl (C=O) groups excluding carboxylic acids is 3. The Hall–Kier alpha value is -2.29. The van der Waals surface area contributed by atoms with Gasteiger partial charge in [0.2, 0.25) is 17.4 Å². The second-order valence-electron chi connectivity index (χ2n) is 7.53. The second-order valence-corrected chi connectivity index (χ2v) is 7.53. The number of benzene rings is 1. The molecule has 1 spiro atoms. The second kappa shape index (κ2) is 6.40. The van der Waals surface area contributed by atoms with Crippen LogP contribution in [0.1, 0.15) is 18.9 Å². The van der Waals surface area contributed by atoms with E-state index in [1.165, 1.54) is 4.90 Å². The third-order valence-corrected chi connectivity index (χ3v) is 6.09. The summed E-state index contributed by atoms with van der Waals surface area (Å²) < 4.78 is 5.02. The van der Waals surface area contributed by atoms with Crippen molar-refractivity contribution >= 4 is 23.4 Å². The van der Waals surface area contributed by atoms with Crippen molar-refractivity contribution in [2.75, 3.05) is 25.6 Å². The number of imide groups is 1. The first-order valence-electron chi connectivity index (χ1n) is 9.22. The van der Waals surface area contributed by atoms with E-state index in [2.05, 4.69) is 5.32 Å². The molecule has 1 aromatic rings. The van der Waals surface area contributed by atoms with Crippen LogP contribution in [0.4, 0.5) is 5.69 Å². The van der Waals surface area contributed by atoms with E-state index in [0.717, 1.165) is 0 Å². The summed E-state index contributed by atoms with van der Waals surface area (Å²) in [5.41, 5.74) is 0.140. The normalized spacial score (nSPS) is 32.8. The summed E-state index contributed by atoms with van der Waals surface area (Å²) in [5, 5.41) is 14.9. The first-order chi connectivity index (χ1) is 12.9. The van der Waals surface area contributed by atoms with E-state index in [-0.39, 0.29) is 24.3 Å². The van der Waals surface area contributed by atoms with Crippen LogP contribution >= 0.6 is 0 Å². The molecule has 0 radical (unpaired) electrons. The van der Waals surface area contributed by atoms with Crippen LogP contribution in [0.5, 0.6) is 0 Å². The highest BCUT2D eigenvalue weighted by Crippen LogP contribution is 2.49. The number of likely N-dealkylation sites (tertiary alicyclic amines) is 1. The third-order valence-electron chi connectivity index (χ3n) is 6.09. The van der Waals surface area contributed by atoms with Crippen LogP contribution in [0.25, 0.3) is 0 Å². The van der Waals surface area contributed by atoms with Gasteiger partial charge in [0, 0.05) is 25.8 Å². The third kappa shape index (κ3) is 2.37. The number of hydrogen-bond acceptors (Lipinski definition) is 5. The predicted molar refractivity (Wildman–Crippen MR) is 94.3 cm³/mol. The molecule has 0 aromatic heterocycles. The van der Waals surface area contributed by atoms with E-state index in [1.807, 2.05) is 18.2 Å². The molecule has 2 saturated heterocycles. The molecule has 27 heavy (non-hydrogen) atoms. The lowest BCUT2D eigenvalue weighted by Crippen LogP contribution is -3.00. The Labute approximate surface area is 156 Å². The van der Waals surface area contributed by atoms with Crippen molar-refractivity contribution in [3.63, 3.8) is 0 Å². The van der Waals surface area contributed by atoms with Crippen LogP contribution in [0.2, 0.25) is 0 Å². The van der Waals surface area contributed by atoms with Gasteiger partial charge in [-0.2, -0.15) is 0 Å². The molecule has 4 rings (SSSR count). The number of nitrogens with two attached hydrogens (primary N) is 1. The minimum absolute atomic E-state index is 0.254. The summed E-state index contributed by atoms with van der Waals surface area (Å²) >= 11 is 0. The maximum Gasteiger partial charge on any atom is 0.291 e. The Bertz CT molecular complexity index is 810. The van der Waals surface area contributed by atoms with Crippen molar-refractivity contribution in [1.29, 1.82) is 0 Å². The maximum absolute atomic E-state index is 13.3. The SMILES string of the molecule is COCCCN1C(=O)[C@@H]2[C@@H]([C@H](C)O)[NH2+][C@]3(C(=O)Nc4ccccc43)[C@@H]2C1=O. The standard InChI is InChI=1S/C19H23N3O5/c1-10(23)15-13-14(17(25)22(16(13)24)8-5-9-27-2)19(21-15)11-6-3-4-7-12(11)20-18(19)26/h3-4,6-7,10,13-15,21,23H,5,8-9H2,1-2H3,(H,20,26)/p+1/t10-,13-,14-,15+,19-/m0/s1. The van der Waals surface area contributed by atoms with Gasteiger partial charge >= 0.3 is 0 Å². The van der Waals surface area contributed by atoms with Crippen molar-refractivity contribution in [2.24, 2.45) is 11.8 Å². The van der Waals surface area contributed by atoms with Gasteiger partial charge in [0.05, 0.1) is 5.69 Å². The molecule has 8 nitrogen and oxygen atoms in total. The zero-order valence-electron chi connectivity index (χ0n) is 15.3. The minimum atomic E-state index is -1.22. The number of anilines is 1. The molecule has 0 unspecified atom stereocenters. The van der Waals surface area contributed by atoms with Crippen LogP contribution in [0, 0.1) is 11.8 Å². The number of methoxy groups -OCH3 is 1. The number of amides is 3. The summed E-state index contributed by atoms with van der Waals surface area (Å²) in [6.45, 7) is 2.29. The monoisotopic (exact) mass is 374 g/mol. The van der Waals surface area contributed by atoms with E-state index >= 15 is 0 Å². The number of nitrogens with one attached hydrogen (secondary N) is 1. The number of carbonyl (C=O) groups is 3. The average Bonchev–Trinajstić information content (AvgIpc) is 3.22. The van der Waals surface area contributed by atoms with E-state index < -0.39 is 29.5 Å². The fourth-order valence-corrected chi connectivity index (χ4v) is 4.93. The van der Waals surface area contributed by atoms with Crippen molar-refractivity contribution in [3.05, 3.63) is 29.8 Å². The molecule has 2 fully saturated rings. The zero-order chi connectivity index (χ0) is 19.3. The topological polar surface area (TPSA) is 113 Å². The summed E-state index contributed by atoms with van der Waals surface area (Å²) in [4.78, 5) is 40.6. The van der Waals surface area contributed by atoms with Crippen LogP contribution in [0.3, 0.4) is 0 Å². The summed E-state index contributed by atoms with van der Waals surface area (Å²) in [6.07, 6.45) is -0.306. The van der Waals surface area contributed by atoms with Gasteiger partial charge in [0.15, 0.2) is 0 Å². The zero-order valence-corrected chi connectivity index (χ0v) is 15.3. The first kappa shape index (κ1) is 18.1. The Kier molecular flexibility index (Phi) is 4.29. The van der Waals surface area contributed by atoms with Gasteiger partial charge in [0.1, 0.15) is 24.0 Å². The number of fused-ring (bicyclic) bond motifs is 4. The highest BCUT2D eigenvalue weighted by molar-refractivity contribution is 6.13. The fraction of sp³-hybridized carbons (Fsp3) is 0.526. The predicted octanol–water partition coefficient (Wildman–Crippen LogP) is -1.20. The molecule has 3 aliphatic rings. The molecule has 144 valence electrons. The Balaban J connectivity index is 1.79. The molecular formula is C19H24N3O5+. The highest BCUT2D eigenvalue weighted by atomic mass is 16.5. The lowest BCUT2D eigenvalue weighted by atomic mass is 9.76. The van der Waals surface area contributed by atoms with Gasteiger partial charge in [-0.1, -0.05) is 18.2 Å². The van der Waals surface area contributed by atoms with Crippen LogP contribution in [0.15, 0.2) is 24.3 Å². The first-order valence-corrected chi connectivity index (χ1v) is 9.22. The smallest absolute Gasteiger partial charge is 0.291 e. The Morgan fingerprint density at radius 2 is 2.04 bits per heavy atom. The highest BCUT2D eigenvalue weighted by Gasteiger charge is 2.74. The molecule has 0 aliphatic carbocycles. The summed E-state index contributed by atoms with van der Waals surface area (Å²) in [6, 6.07) is 6.68. The molecular weight excluding hydrogens is 350 g/mol. The van der Waals surface area contributed by atoms with Crippen molar-refractivity contribution in [3.8, 4) is 0 Å². The van der Waals surface area contributed by atoms with Gasteiger partial charge < -0.3 is 20.5 Å². The molecule has 0 bridgehead atoms. The van der Waals surface area contributed by atoms with Gasteiger partial charge in [-0.05, 0) is 19.4 Å². The number of rotatable bonds is 5. The van der Waals surface area contributed by atoms with Crippen molar-refractivity contribution in [1.82, 2.24) is 4.90 Å². The quantitative estimate of drug-likeness (QED) is 0.443. The molecule has 3 amide bonds. The van der Waals surface area contributed by atoms with E-state index in [9.17, 15) is 19.5 Å². The van der Waals surface area contributed by atoms with Crippen LogP contribution in [-0.4, -0.2) is 60.1 Å². The summed E-state index contributed by atoms with van der Waals surface area (Å²) in [7, 11) is 1.57. The number of nitrogens with zero attached hydrogens (tertiary/aromatic N) is 1. The number of quaternary nitrogens is 1. The summed E-state index contributed by atoms with van der Waals surface area (Å²) in [5.74, 6) is -2.50. The lowest BCUT2D eigenvalue weighted by molar-refractivity contribution is -0.738. The number of hydrogen-bond donors (Lipinski definition) is 3. The van der Waals surface area contributed by atoms with Crippen molar-refractivity contribution < 1.29 is 29.5 Å². The minimum Gasteiger partial charge on any atom is -0.387 e. The Morgan fingerprint density at radius 1 is 1.30 bits per heavy atom. The maximum atomic E-state index is 13.3. The fourth-order valence-electron chi connectivity index (χ4n) is 4.93. The molecule has 3 heterocycles. The van der Waals surface area contributed by atoms with Gasteiger partial charge in [-0.15, -0.1) is 0 Å². The molecule has 3 aliphatic heterocycles. The van der Waals surface area contributed by atoms with Crippen LogP contribution in [-0.2, 0) is 24.7 Å². The lowest BCUT2D eigenvalue weighted by Gasteiger charge is -2.27.